The van der Waals surface area contributed by atoms with Gasteiger partial charge in [0, 0.05) is 179 Å². The second kappa shape index (κ2) is 62.6. The van der Waals surface area contributed by atoms with Crippen molar-refractivity contribution in [1.29, 1.82) is 0 Å². The molecular weight excluding hydrogens is 1770 g/mol. The molecule has 17 atom stereocenters. The Bertz CT molecular complexity index is 3830. The average Bonchev–Trinajstić information content (AvgIpc) is 0.797. The zero-order valence-corrected chi connectivity index (χ0v) is 78.3. The minimum absolute atomic E-state index is 0.0108. The Morgan fingerprint density at radius 1 is 0.316 bits per heavy atom. The van der Waals surface area contributed by atoms with Crippen LogP contribution in [0.15, 0.2) is 0 Å². The zero-order chi connectivity index (χ0) is 98.8. The van der Waals surface area contributed by atoms with Gasteiger partial charge < -0.3 is 104 Å². The number of Topliss-reactive ketones (excluding diaryl/α,β-unsaturated/α-hetero) is 2. The molecule has 752 valence electrons. The number of nitrogens with one attached hydrogen (secondary N) is 8. The van der Waals surface area contributed by atoms with Crippen molar-refractivity contribution in [3.05, 3.63) is 29.1 Å². The molecule has 3 aliphatic heterocycles. The molecule has 0 aliphatic carbocycles. The molecule has 3 aliphatic rings. The van der Waals surface area contributed by atoms with Gasteiger partial charge in [-0.05, 0) is 109 Å². The van der Waals surface area contributed by atoms with Crippen molar-refractivity contribution in [3.63, 3.8) is 0 Å². The molecule has 0 bridgehead atoms. The molecular formula is C90H137F5N8O30. The molecule has 3 heterocycles. The smallest absolute Gasteiger partial charge is 0.311 e. The van der Waals surface area contributed by atoms with Crippen LogP contribution in [-0.2, 0) is 138 Å². The summed E-state index contributed by atoms with van der Waals surface area (Å²) in [6.07, 6.45) is -5.98. The topological polar surface area (TPSA) is 506 Å². The molecule has 8 amide bonds. The summed E-state index contributed by atoms with van der Waals surface area (Å²) in [6, 6.07) is -3.11. The number of ketones is 2. The van der Waals surface area contributed by atoms with Crippen molar-refractivity contribution in [2.45, 2.75) is 368 Å². The van der Waals surface area contributed by atoms with Gasteiger partial charge in [-0.25, -0.2) is 13.2 Å². The van der Waals surface area contributed by atoms with E-state index < -0.39 is 216 Å². The van der Waals surface area contributed by atoms with Gasteiger partial charge in [0.25, 0.3) is 0 Å². The number of hydrogen-bond donors (Lipinski definition) is 8. The standard InChI is InChI=1S/C90H137F5N8O30/c1-13-64-80(124-54(7)107)84(127-57(10)110)77(101-51(4)104)88(130-64)121-46-27-17-22-37-67(115)96-41-26-25-34-62(114)49-60(50-70(118)99-44-31-42-97-68(116)38-23-18-28-47-122-89-78(102-52(5)105)85(128-58(11)111)81(125-55(8)108)65(14-2)131-89)63(36-21-16-20-33-61(113)35-30-40-71(119)133-83-75(94)73(92)72(91)74(93)76(83)95)87(120)100-45-32-43-98-69(117)39-24-19-29-48-123-90-79(103-53(6)106)86(129-59(12)112)82(126-56(9)109)66(15-3)132-90/h60,63-66,77-82,84-86,88-90H,13-50H2,1-12H3,(H,96,115)(H,97,116)(H,98,117)(H,99,118)(H,100,120)(H,101,104)(H,102,105)(H,103,106). The molecule has 0 radical (unpaired) electrons. The summed E-state index contributed by atoms with van der Waals surface area (Å²) in [6.45, 7) is 17.1. The van der Waals surface area contributed by atoms with Crippen molar-refractivity contribution in [1.82, 2.24) is 42.5 Å². The van der Waals surface area contributed by atoms with E-state index >= 15 is 0 Å². The number of esters is 7. The van der Waals surface area contributed by atoms with Crippen LogP contribution in [0.5, 0.6) is 5.75 Å². The van der Waals surface area contributed by atoms with Gasteiger partial charge in [-0.3, -0.25) is 81.5 Å². The van der Waals surface area contributed by atoms with Crippen molar-refractivity contribution in [3.8, 4) is 5.75 Å². The second-order valence-electron chi connectivity index (χ2n) is 33.1. The predicted molar refractivity (Wildman–Crippen MR) is 459 cm³/mol. The maximum absolute atomic E-state index is 14.6. The maximum atomic E-state index is 14.6. The third-order valence-electron chi connectivity index (χ3n) is 21.8. The first-order valence-electron chi connectivity index (χ1n) is 46.0. The molecule has 8 N–H and O–H groups in total. The fourth-order valence-corrected chi connectivity index (χ4v) is 15.6. The van der Waals surface area contributed by atoms with Gasteiger partial charge in [0.15, 0.2) is 55.5 Å². The summed E-state index contributed by atoms with van der Waals surface area (Å²) < 4.78 is 144. The van der Waals surface area contributed by atoms with Crippen molar-refractivity contribution in [2.75, 3.05) is 52.5 Å². The molecule has 3 saturated heterocycles. The van der Waals surface area contributed by atoms with Crippen LogP contribution in [-0.4, -0.2) is 245 Å². The highest BCUT2D eigenvalue weighted by molar-refractivity contribution is 5.85. The molecule has 1 aromatic carbocycles. The molecule has 3 fully saturated rings. The van der Waals surface area contributed by atoms with E-state index in [1.165, 1.54) is 62.3 Å². The Hall–Kier alpha value is -9.98. The number of rotatable bonds is 63. The Kier molecular flexibility index (Phi) is 54.2. The Morgan fingerprint density at radius 3 is 0.985 bits per heavy atom. The normalized spacial score (nSPS) is 21.9. The van der Waals surface area contributed by atoms with Gasteiger partial charge in [0.05, 0.1) is 0 Å². The molecule has 1 aromatic rings. The van der Waals surface area contributed by atoms with Crippen LogP contribution in [0, 0.1) is 40.9 Å². The average molecular weight is 1910 g/mol. The summed E-state index contributed by atoms with van der Waals surface area (Å²) in [5, 5.41) is 22.3. The van der Waals surface area contributed by atoms with Crippen molar-refractivity contribution >= 4 is 101 Å². The van der Waals surface area contributed by atoms with E-state index in [-0.39, 0.29) is 172 Å². The molecule has 4 rings (SSSR count). The minimum Gasteiger partial charge on any atom is -0.456 e. The first kappa shape index (κ1) is 115. The van der Waals surface area contributed by atoms with Crippen LogP contribution in [0.2, 0.25) is 0 Å². The number of halogens is 5. The van der Waals surface area contributed by atoms with Crippen LogP contribution >= 0.6 is 0 Å². The van der Waals surface area contributed by atoms with E-state index in [9.17, 15) is 103 Å². The third kappa shape index (κ3) is 43.5. The zero-order valence-electron chi connectivity index (χ0n) is 78.3. The van der Waals surface area contributed by atoms with E-state index in [4.69, 9.17) is 56.8 Å². The Balaban J connectivity index is 1.42. The van der Waals surface area contributed by atoms with Crippen LogP contribution < -0.4 is 47.3 Å². The maximum Gasteiger partial charge on any atom is 0.311 e. The molecule has 0 spiro atoms. The number of hydrogen-bond acceptors (Lipinski definition) is 30. The number of benzene rings is 1. The second-order valence-corrected chi connectivity index (χ2v) is 33.1. The highest BCUT2D eigenvalue weighted by atomic mass is 19.2. The lowest BCUT2D eigenvalue weighted by Gasteiger charge is -2.45. The summed E-state index contributed by atoms with van der Waals surface area (Å²) in [4.78, 5) is 217. The first-order valence-corrected chi connectivity index (χ1v) is 46.0. The SMILES string of the molecule is CCC1OC(OCCCCCC(=O)NCCCCC(=O)CC(CC(=O)NCCCNC(=O)CCCCCOC2OC(CC)C(OC(C)=O)C(OC(C)=O)C2NC(C)=O)C(CCCCCC(=O)CCCC(=O)Oc2c(F)c(F)c(F)c(F)c2F)C(=O)NCCCNC(=O)CCCCCOC2OC(CC)C(OC(C)=O)C(OC(C)=O)C2NC(C)=O)C(NC(C)=O)C(OC(C)=O)C1OC(C)=O. The summed E-state index contributed by atoms with van der Waals surface area (Å²) in [5.74, 6) is -24.9. The van der Waals surface area contributed by atoms with E-state index in [1.54, 1.807) is 20.8 Å². The predicted octanol–water partition coefficient (Wildman–Crippen LogP) is 7.33. The highest BCUT2D eigenvalue weighted by Crippen LogP contribution is 2.35. The van der Waals surface area contributed by atoms with E-state index in [0.717, 1.165) is 0 Å². The van der Waals surface area contributed by atoms with Crippen LogP contribution in [0.25, 0.3) is 0 Å². The Morgan fingerprint density at radius 2 is 0.624 bits per heavy atom. The van der Waals surface area contributed by atoms with E-state index in [1.807, 2.05) is 0 Å². The largest absolute Gasteiger partial charge is 0.456 e. The molecule has 17 unspecified atom stereocenters. The molecule has 133 heavy (non-hydrogen) atoms. The van der Waals surface area contributed by atoms with Gasteiger partial charge >= 0.3 is 41.8 Å². The fraction of sp³-hybridized carbons (Fsp3) is 0.744. The van der Waals surface area contributed by atoms with Crippen LogP contribution in [0.4, 0.5) is 22.0 Å². The van der Waals surface area contributed by atoms with Gasteiger partial charge in [-0.1, -0.05) is 52.9 Å². The number of ether oxygens (including phenoxy) is 13. The summed E-state index contributed by atoms with van der Waals surface area (Å²) in [7, 11) is 0. The fourth-order valence-electron chi connectivity index (χ4n) is 15.6. The lowest BCUT2D eigenvalue weighted by Crippen LogP contribution is -2.65. The van der Waals surface area contributed by atoms with E-state index in [0.29, 0.717) is 96.3 Å². The lowest BCUT2D eigenvalue weighted by atomic mass is 9.80. The first-order chi connectivity index (χ1) is 63.2. The van der Waals surface area contributed by atoms with Gasteiger partial charge in [0.2, 0.25) is 82.1 Å². The van der Waals surface area contributed by atoms with E-state index in [2.05, 4.69) is 47.3 Å². The summed E-state index contributed by atoms with van der Waals surface area (Å²) >= 11 is 0. The monoisotopic (exact) mass is 1900 g/mol. The van der Waals surface area contributed by atoms with Crippen LogP contribution in [0.3, 0.4) is 0 Å². The van der Waals surface area contributed by atoms with Gasteiger partial charge in [-0.2, -0.15) is 8.78 Å². The number of unbranched alkanes of at least 4 members (excludes halogenated alkanes) is 9. The van der Waals surface area contributed by atoms with Gasteiger partial charge in [0.1, 0.15) is 48.0 Å². The van der Waals surface area contributed by atoms with Crippen molar-refractivity contribution < 1.29 is 165 Å². The quantitative estimate of drug-likeness (QED) is 0.00601. The number of carbonyl (C=O) groups excluding carboxylic acids is 17. The van der Waals surface area contributed by atoms with Gasteiger partial charge in [-0.15, -0.1) is 0 Å². The molecule has 43 heteroatoms. The van der Waals surface area contributed by atoms with Crippen molar-refractivity contribution in [2.24, 2.45) is 11.8 Å². The molecule has 38 nitrogen and oxygen atoms in total. The third-order valence-corrected chi connectivity index (χ3v) is 21.8. The van der Waals surface area contributed by atoms with Crippen LogP contribution in [0.1, 0.15) is 276 Å². The summed E-state index contributed by atoms with van der Waals surface area (Å²) in [5.41, 5.74) is 0. The Labute approximate surface area is 772 Å². The number of amides is 8. The highest BCUT2D eigenvalue weighted by Gasteiger charge is 2.54. The lowest BCUT2D eigenvalue weighted by molar-refractivity contribution is -0.272. The molecule has 0 saturated carbocycles. The minimum atomic E-state index is -2.45. The number of carbonyl (C=O) groups is 17. The molecule has 0 aromatic heterocycles.